The molecule has 1 aromatic heterocycles. The number of methoxy groups -OCH3 is 1. The number of alkyl halides is 3. The lowest BCUT2D eigenvalue weighted by Gasteiger charge is -2.41. The van der Waals surface area contributed by atoms with Gasteiger partial charge in [0.2, 0.25) is 0 Å². The number of rotatable bonds is 6. The number of likely N-dealkylation sites (tertiary alicyclic amines) is 2. The Morgan fingerprint density at radius 2 is 1.67 bits per heavy atom. The molecule has 3 aromatic carbocycles. The fraction of sp³-hybridized carbons (Fsp3) is 0.361. The van der Waals surface area contributed by atoms with E-state index < -0.39 is 11.7 Å². The average Bonchev–Trinajstić information content (AvgIpc) is 3.82. The number of amides is 1. The molecule has 0 spiro atoms. The molecule has 45 heavy (non-hydrogen) atoms. The molecular weight excluding hydrogens is 577 g/mol. The van der Waals surface area contributed by atoms with Gasteiger partial charge in [-0.3, -0.25) is 14.6 Å². The zero-order chi connectivity index (χ0) is 31.1. The molecule has 234 valence electrons. The number of benzene rings is 3. The highest BCUT2D eigenvalue weighted by Crippen LogP contribution is 2.43. The third-order valence-electron chi connectivity index (χ3n) is 9.56. The Morgan fingerprint density at radius 1 is 0.889 bits per heavy atom. The van der Waals surface area contributed by atoms with E-state index in [2.05, 4.69) is 32.7 Å². The number of carbonyl (C=O) groups excluding carboxylic acids is 1. The molecule has 3 aliphatic rings. The fourth-order valence-electron chi connectivity index (χ4n) is 7.46. The molecule has 2 atom stereocenters. The summed E-state index contributed by atoms with van der Waals surface area (Å²) in [5, 5.41) is 0. The van der Waals surface area contributed by atoms with Crippen LogP contribution in [-0.4, -0.2) is 59.6 Å². The molecule has 0 aliphatic carbocycles. The summed E-state index contributed by atoms with van der Waals surface area (Å²) in [5.74, 6) is -0.00320. The lowest BCUT2D eigenvalue weighted by Crippen LogP contribution is -2.49. The minimum absolute atomic E-state index is 0.0125. The number of fused-ring (bicyclic) bond motifs is 2. The maximum Gasteiger partial charge on any atom is 0.417 e. The summed E-state index contributed by atoms with van der Waals surface area (Å²) in [6.07, 6.45) is 1.77. The first kappa shape index (κ1) is 29.6. The molecule has 3 aliphatic heterocycles. The van der Waals surface area contributed by atoms with E-state index in [-0.39, 0.29) is 28.9 Å². The molecule has 7 rings (SSSR count). The van der Waals surface area contributed by atoms with Crippen LogP contribution in [0.5, 0.6) is 5.75 Å². The third kappa shape index (κ3) is 5.53. The molecule has 1 amide bonds. The van der Waals surface area contributed by atoms with Gasteiger partial charge in [-0.2, -0.15) is 13.2 Å². The van der Waals surface area contributed by atoms with Crippen molar-refractivity contribution in [2.75, 3.05) is 38.2 Å². The highest BCUT2D eigenvalue weighted by molar-refractivity contribution is 6.07. The summed E-state index contributed by atoms with van der Waals surface area (Å²) in [6, 6.07) is 22.7. The standard InChI is InChI=1S/C36H37F3N4O2/c1-45-33-22-25(16-17-29(33)28-12-3-4-13-30(28)36(37,38)39)35(44)43-31-14-5-2-10-26(31)23-41-20-9-15-32(41)34(43)42-21-8-11-27(42)24-40-18-6-7-19-40/h2-5,9-10,12-17,20,22,27,34H,6-8,11,18-19,21,23-24H2,1H3/t27-,34?/m0/s1. The van der Waals surface area contributed by atoms with Crippen LogP contribution in [0, 0.1) is 0 Å². The fourth-order valence-corrected chi connectivity index (χ4v) is 7.46. The first-order valence-electron chi connectivity index (χ1n) is 15.7. The summed E-state index contributed by atoms with van der Waals surface area (Å²) < 4.78 is 49.7. The van der Waals surface area contributed by atoms with Crippen molar-refractivity contribution in [3.63, 3.8) is 0 Å². The molecule has 0 saturated carbocycles. The number of anilines is 1. The van der Waals surface area contributed by atoms with Crippen molar-refractivity contribution >= 4 is 11.6 Å². The number of nitrogens with zero attached hydrogens (tertiary/aromatic N) is 4. The number of ether oxygens (including phenoxy) is 1. The molecule has 0 N–H and O–H groups in total. The van der Waals surface area contributed by atoms with E-state index in [9.17, 15) is 18.0 Å². The summed E-state index contributed by atoms with van der Waals surface area (Å²) >= 11 is 0. The number of hydrogen-bond donors (Lipinski definition) is 0. The molecule has 0 bridgehead atoms. The first-order valence-corrected chi connectivity index (χ1v) is 15.7. The Hall–Kier alpha value is -4.08. The van der Waals surface area contributed by atoms with Crippen LogP contribution in [0.15, 0.2) is 85.1 Å². The monoisotopic (exact) mass is 614 g/mol. The Balaban J connectivity index is 1.33. The first-order chi connectivity index (χ1) is 21.8. The number of para-hydroxylation sites is 1. The molecule has 6 nitrogen and oxygen atoms in total. The van der Waals surface area contributed by atoms with E-state index in [4.69, 9.17) is 4.74 Å². The maximum absolute atomic E-state index is 14.9. The zero-order valence-electron chi connectivity index (χ0n) is 25.3. The molecule has 0 radical (unpaired) electrons. The number of carbonyl (C=O) groups is 1. The smallest absolute Gasteiger partial charge is 0.417 e. The average molecular weight is 615 g/mol. The van der Waals surface area contributed by atoms with Gasteiger partial charge in [0, 0.05) is 43.0 Å². The van der Waals surface area contributed by atoms with Gasteiger partial charge in [-0.05, 0) is 92.4 Å². The Kier molecular flexibility index (Phi) is 7.91. The Bertz CT molecular complexity index is 1690. The largest absolute Gasteiger partial charge is 0.496 e. The van der Waals surface area contributed by atoms with Crippen LogP contribution in [0.4, 0.5) is 18.9 Å². The van der Waals surface area contributed by atoms with Crippen molar-refractivity contribution in [1.82, 2.24) is 14.4 Å². The summed E-state index contributed by atoms with van der Waals surface area (Å²) in [6.45, 7) is 4.71. The second-order valence-corrected chi connectivity index (χ2v) is 12.2. The summed E-state index contributed by atoms with van der Waals surface area (Å²) in [4.78, 5) is 21.8. The van der Waals surface area contributed by atoms with Gasteiger partial charge in [-0.15, -0.1) is 0 Å². The lowest BCUT2D eigenvalue weighted by atomic mass is 9.96. The minimum atomic E-state index is -4.53. The molecule has 4 heterocycles. The molecule has 2 saturated heterocycles. The van der Waals surface area contributed by atoms with Gasteiger partial charge in [-0.1, -0.05) is 36.4 Å². The van der Waals surface area contributed by atoms with E-state index in [1.165, 1.54) is 32.1 Å². The topological polar surface area (TPSA) is 41.0 Å². The van der Waals surface area contributed by atoms with E-state index in [0.717, 1.165) is 62.0 Å². The van der Waals surface area contributed by atoms with Crippen LogP contribution in [0.1, 0.15) is 59.0 Å². The van der Waals surface area contributed by atoms with Gasteiger partial charge < -0.3 is 14.2 Å². The van der Waals surface area contributed by atoms with Crippen molar-refractivity contribution < 1.29 is 22.7 Å². The van der Waals surface area contributed by atoms with Crippen LogP contribution in [-0.2, 0) is 12.7 Å². The van der Waals surface area contributed by atoms with Crippen LogP contribution < -0.4 is 9.64 Å². The van der Waals surface area contributed by atoms with Crippen LogP contribution in [0.3, 0.4) is 0 Å². The second-order valence-electron chi connectivity index (χ2n) is 12.2. The molecule has 2 fully saturated rings. The van der Waals surface area contributed by atoms with Gasteiger partial charge in [-0.25, -0.2) is 0 Å². The highest BCUT2D eigenvalue weighted by Gasteiger charge is 2.42. The number of hydrogen-bond acceptors (Lipinski definition) is 4. The highest BCUT2D eigenvalue weighted by atomic mass is 19.4. The van der Waals surface area contributed by atoms with Crippen LogP contribution in [0.25, 0.3) is 11.1 Å². The van der Waals surface area contributed by atoms with Gasteiger partial charge in [0.15, 0.2) is 0 Å². The second kappa shape index (κ2) is 12.0. The lowest BCUT2D eigenvalue weighted by molar-refractivity contribution is -0.137. The summed E-state index contributed by atoms with van der Waals surface area (Å²) in [5.41, 5.74) is 2.83. The van der Waals surface area contributed by atoms with Gasteiger partial charge in [0.1, 0.15) is 11.9 Å². The number of halogens is 3. The number of aromatic nitrogens is 1. The van der Waals surface area contributed by atoms with E-state index >= 15 is 0 Å². The Labute approximate surface area is 261 Å². The molecule has 9 heteroatoms. The van der Waals surface area contributed by atoms with Crippen LogP contribution >= 0.6 is 0 Å². The van der Waals surface area contributed by atoms with Crippen molar-refractivity contribution in [3.05, 3.63) is 107 Å². The zero-order valence-corrected chi connectivity index (χ0v) is 25.3. The normalized spacial score (nSPS) is 20.6. The van der Waals surface area contributed by atoms with E-state index in [0.29, 0.717) is 18.2 Å². The molecular formula is C36H37F3N4O2. The maximum atomic E-state index is 14.9. The third-order valence-corrected chi connectivity index (χ3v) is 9.56. The van der Waals surface area contributed by atoms with Gasteiger partial charge in [0.05, 0.1) is 24.1 Å². The minimum Gasteiger partial charge on any atom is -0.496 e. The van der Waals surface area contributed by atoms with Crippen molar-refractivity contribution in [2.24, 2.45) is 0 Å². The molecule has 1 unspecified atom stereocenters. The predicted octanol–water partition coefficient (Wildman–Crippen LogP) is 7.45. The van der Waals surface area contributed by atoms with Crippen molar-refractivity contribution in [1.29, 1.82) is 0 Å². The van der Waals surface area contributed by atoms with E-state index in [1.54, 1.807) is 24.3 Å². The van der Waals surface area contributed by atoms with Gasteiger partial charge >= 0.3 is 6.18 Å². The van der Waals surface area contributed by atoms with Crippen LogP contribution in [0.2, 0.25) is 0 Å². The van der Waals surface area contributed by atoms with Gasteiger partial charge in [0.25, 0.3) is 5.91 Å². The molecule has 4 aromatic rings. The van der Waals surface area contributed by atoms with Crippen molar-refractivity contribution in [3.8, 4) is 16.9 Å². The SMILES string of the molecule is COc1cc(C(=O)N2c3ccccc3Cn3cccc3C2N2CCC[C@H]2CN2CCCC2)ccc1-c1ccccc1C(F)(F)F. The Morgan fingerprint density at radius 3 is 2.47 bits per heavy atom. The van der Waals surface area contributed by atoms with E-state index in [1.807, 2.05) is 29.2 Å². The predicted molar refractivity (Wildman–Crippen MR) is 168 cm³/mol. The quantitative estimate of drug-likeness (QED) is 0.226. The summed E-state index contributed by atoms with van der Waals surface area (Å²) in [7, 11) is 1.42. The van der Waals surface area contributed by atoms with Crippen molar-refractivity contribution in [2.45, 2.75) is 50.6 Å².